The summed E-state index contributed by atoms with van der Waals surface area (Å²) >= 11 is 0. The van der Waals surface area contributed by atoms with E-state index in [0.717, 1.165) is 22.6 Å². The SMILES string of the molecule is COc1cc(C)ccc1-c1ccc(C)cc1OC. The first-order valence-electron chi connectivity index (χ1n) is 5.95. The lowest BCUT2D eigenvalue weighted by Crippen LogP contribution is -1.93. The Morgan fingerprint density at radius 2 is 1.06 bits per heavy atom. The second-order valence-electron chi connectivity index (χ2n) is 4.41. The van der Waals surface area contributed by atoms with E-state index < -0.39 is 0 Å². The van der Waals surface area contributed by atoms with Crippen molar-refractivity contribution >= 4 is 0 Å². The van der Waals surface area contributed by atoms with Crippen LogP contribution < -0.4 is 9.47 Å². The molecule has 0 aliphatic heterocycles. The normalized spacial score (nSPS) is 10.2. The molecule has 18 heavy (non-hydrogen) atoms. The highest BCUT2D eigenvalue weighted by Crippen LogP contribution is 2.37. The molecule has 0 aliphatic rings. The summed E-state index contributed by atoms with van der Waals surface area (Å²) < 4.78 is 10.9. The molecule has 2 nitrogen and oxygen atoms in total. The average molecular weight is 242 g/mol. The van der Waals surface area contributed by atoms with Crippen LogP contribution in [0.25, 0.3) is 11.1 Å². The molecule has 0 aliphatic carbocycles. The van der Waals surface area contributed by atoms with Gasteiger partial charge in [-0.05, 0) is 37.1 Å². The van der Waals surface area contributed by atoms with E-state index in [9.17, 15) is 0 Å². The summed E-state index contributed by atoms with van der Waals surface area (Å²) in [4.78, 5) is 0. The Kier molecular flexibility index (Phi) is 3.56. The van der Waals surface area contributed by atoms with Crippen LogP contribution in [0.3, 0.4) is 0 Å². The standard InChI is InChI=1S/C16H18O2/c1-11-5-7-13(15(9-11)17-3)14-8-6-12(2)10-16(14)18-4/h5-10H,1-4H3. The molecule has 2 heteroatoms. The van der Waals surface area contributed by atoms with E-state index in [1.54, 1.807) is 14.2 Å². The van der Waals surface area contributed by atoms with Crippen LogP contribution in [0.15, 0.2) is 36.4 Å². The maximum Gasteiger partial charge on any atom is 0.127 e. The van der Waals surface area contributed by atoms with Crippen molar-refractivity contribution in [3.8, 4) is 22.6 Å². The van der Waals surface area contributed by atoms with Gasteiger partial charge in [0.15, 0.2) is 0 Å². The minimum atomic E-state index is 0.872. The minimum Gasteiger partial charge on any atom is -0.496 e. The summed E-state index contributed by atoms with van der Waals surface area (Å²) in [5.41, 5.74) is 4.48. The largest absolute Gasteiger partial charge is 0.496 e. The first kappa shape index (κ1) is 12.5. The van der Waals surface area contributed by atoms with Gasteiger partial charge in [-0.2, -0.15) is 0 Å². The minimum absolute atomic E-state index is 0.872. The quantitative estimate of drug-likeness (QED) is 0.810. The third-order valence-corrected chi connectivity index (χ3v) is 3.00. The molecule has 0 aromatic heterocycles. The molecule has 94 valence electrons. The van der Waals surface area contributed by atoms with Crippen molar-refractivity contribution in [3.63, 3.8) is 0 Å². The highest BCUT2D eigenvalue weighted by Gasteiger charge is 2.11. The molecular weight excluding hydrogens is 224 g/mol. The summed E-state index contributed by atoms with van der Waals surface area (Å²) in [5.74, 6) is 1.74. The molecule has 2 rings (SSSR count). The van der Waals surface area contributed by atoms with Gasteiger partial charge in [0.2, 0.25) is 0 Å². The van der Waals surface area contributed by atoms with E-state index in [4.69, 9.17) is 9.47 Å². The van der Waals surface area contributed by atoms with Crippen molar-refractivity contribution in [3.05, 3.63) is 47.5 Å². The predicted molar refractivity (Wildman–Crippen MR) is 74.5 cm³/mol. The Labute approximate surface area is 108 Å². The van der Waals surface area contributed by atoms with E-state index in [1.807, 2.05) is 12.1 Å². The first-order valence-corrected chi connectivity index (χ1v) is 5.95. The number of rotatable bonds is 3. The smallest absolute Gasteiger partial charge is 0.127 e. The van der Waals surface area contributed by atoms with Gasteiger partial charge in [0, 0.05) is 11.1 Å². The van der Waals surface area contributed by atoms with E-state index >= 15 is 0 Å². The summed E-state index contributed by atoms with van der Waals surface area (Å²) in [7, 11) is 3.39. The molecule has 0 N–H and O–H groups in total. The molecule has 0 saturated carbocycles. The van der Waals surface area contributed by atoms with Crippen LogP contribution >= 0.6 is 0 Å². The van der Waals surface area contributed by atoms with E-state index in [-0.39, 0.29) is 0 Å². The molecule has 0 fully saturated rings. The van der Waals surface area contributed by atoms with Gasteiger partial charge >= 0.3 is 0 Å². The molecule has 0 saturated heterocycles. The Morgan fingerprint density at radius 3 is 1.39 bits per heavy atom. The molecule has 0 unspecified atom stereocenters. The van der Waals surface area contributed by atoms with Crippen LogP contribution in [-0.4, -0.2) is 14.2 Å². The van der Waals surface area contributed by atoms with Crippen LogP contribution in [0.5, 0.6) is 11.5 Å². The van der Waals surface area contributed by atoms with Crippen molar-refractivity contribution in [2.45, 2.75) is 13.8 Å². The summed E-state index contributed by atoms with van der Waals surface area (Å²) in [6.45, 7) is 4.11. The second kappa shape index (κ2) is 5.13. The number of hydrogen-bond acceptors (Lipinski definition) is 2. The van der Waals surface area contributed by atoms with Gasteiger partial charge in [-0.3, -0.25) is 0 Å². The van der Waals surface area contributed by atoms with Gasteiger partial charge in [0.05, 0.1) is 14.2 Å². The Hall–Kier alpha value is -1.96. The Morgan fingerprint density at radius 1 is 0.667 bits per heavy atom. The van der Waals surface area contributed by atoms with Crippen molar-refractivity contribution < 1.29 is 9.47 Å². The molecule has 0 radical (unpaired) electrons. The number of aryl methyl sites for hydroxylation is 2. The third kappa shape index (κ3) is 2.33. The van der Waals surface area contributed by atoms with Gasteiger partial charge in [-0.1, -0.05) is 24.3 Å². The van der Waals surface area contributed by atoms with Gasteiger partial charge < -0.3 is 9.47 Å². The molecule has 0 bridgehead atoms. The fourth-order valence-corrected chi connectivity index (χ4v) is 2.04. The van der Waals surface area contributed by atoms with Crippen molar-refractivity contribution in [2.75, 3.05) is 14.2 Å². The van der Waals surface area contributed by atoms with Crippen LogP contribution in [-0.2, 0) is 0 Å². The number of hydrogen-bond donors (Lipinski definition) is 0. The molecule has 0 atom stereocenters. The predicted octanol–water partition coefficient (Wildman–Crippen LogP) is 3.99. The summed E-state index contributed by atoms with van der Waals surface area (Å²) in [5, 5.41) is 0. The lowest BCUT2D eigenvalue weighted by Gasteiger charge is -2.13. The molecular formula is C16H18O2. The van der Waals surface area contributed by atoms with E-state index in [1.165, 1.54) is 11.1 Å². The van der Waals surface area contributed by atoms with Gasteiger partial charge in [0.25, 0.3) is 0 Å². The lowest BCUT2D eigenvalue weighted by molar-refractivity contribution is 0.410. The molecule has 2 aromatic rings. The van der Waals surface area contributed by atoms with Crippen molar-refractivity contribution in [1.82, 2.24) is 0 Å². The van der Waals surface area contributed by atoms with Crippen molar-refractivity contribution in [1.29, 1.82) is 0 Å². The highest BCUT2D eigenvalue weighted by atomic mass is 16.5. The zero-order chi connectivity index (χ0) is 13.1. The van der Waals surface area contributed by atoms with Crippen LogP contribution in [0.2, 0.25) is 0 Å². The number of ether oxygens (including phenoxy) is 2. The molecule has 0 amide bonds. The number of methoxy groups -OCH3 is 2. The zero-order valence-electron chi connectivity index (χ0n) is 11.3. The van der Waals surface area contributed by atoms with Gasteiger partial charge in [-0.15, -0.1) is 0 Å². The lowest BCUT2D eigenvalue weighted by atomic mass is 10.0. The fraction of sp³-hybridized carbons (Fsp3) is 0.250. The fourth-order valence-electron chi connectivity index (χ4n) is 2.04. The Bertz CT molecular complexity index is 508. The second-order valence-corrected chi connectivity index (χ2v) is 4.41. The number of benzene rings is 2. The van der Waals surface area contributed by atoms with E-state index in [2.05, 4.69) is 38.1 Å². The van der Waals surface area contributed by atoms with Gasteiger partial charge in [-0.25, -0.2) is 0 Å². The molecule has 0 heterocycles. The topological polar surface area (TPSA) is 18.5 Å². The maximum absolute atomic E-state index is 5.45. The van der Waals surface area contributed by atoms with Crippen LogP contribution in [0.1, 0.15) is 11.1 Å². The van der Waals surface area contributed by atoms with E-state index in [0.29, 0.717) is 0 Å². The maximum atomic E-state index is 5.45. The zero-order valence-corrected chi connectivity index (χ0v) is 11.3. The summed E-state index contributed by atoms with van der Waals surface area (Å²) in [6.07, 6.45) is 0. The monoisotopic (exact) mass is 242 g/mol. The van der Waals surface area contributed by atoms with Gasteiger partial charge in [0.1, 0.15) is 11.5 Å². The average Bonchev–Trinajstić information content (AvgIpc) is 2.38. The first-order chi connectivity index (χ1) is 8.65. The van der Waals surface area contributed by atoms with Crippen LogP contribution in [0.4, 0.5) is 0 Å². The third-order valence-electron chi connectivity index (χ3n) is 3.00. The van der Waals surface area contributed by atoms with Crippen molar-refractivity contribution in [2.24, 2.45) is 0 Å². The Balaban J connectivity index is 2.61. The highest BCUT2D eigenvalue weighted by molar-refractivity contribution is 5.76. The van der Waals surface area contributed by atoms with Crippen LogP contribution in [0, 0.1) is 13.8 Å². The molecule has 0 spiro atoms. The summed E-state index contributed by atoms with van der Waals surface area (Å²) in [6, 6.07) is 12.4. The molecule has 2 aromatic carbocycles.